The molecule has 1 aliphatic rings. The quantitative estimate of drug-likeness (QED) is 0.626. The van der Waals surface area contributed by atoms with Crippen molar-refractivity contribution < 1.29 is 22.4 Å². The van der Waals surface area contributed by atoms with Gasteiger partial charge >= 0.3 is 0 Å². The molecule has 0 spiro atoms. The molecular weight excluding hydrogens is 444 g/mol. The molecule has 8 nitrogen and oxygen atoms in total. The van der Waals surface area contributed by atoms with Crippen LogP contribution in [-0.2, 0) is 14.8 Å². The maximum absolute atomic E-state index is 13.0. The molecule has 9 heteroatoms. The van der Waals surface area contributed by atoms with Gasteiger partial charge in [-0.15, -0.1) is 0 Å². The highest BCUT2D eigenvalue weighted by Gasteiger charge is 2.32. The summed E-state index contributed by atoms with van der Waals surface area (Å²) in [6, 6.07) is 10.6. The van der Waals surface area contributed by atoms with Gasteiger partial charge < -0.3 is 14.5 Å². The van der Waals surface area contributed by atoms with Crippen molar-refractivity contribution in [3.63, 3.8) is 0 Å². The Morgan fingerprint density at radius 3 is 2.30 bits per heavy atom. The third kappa shape index (κ3) is 4.57. The van der Waals surface area contributed by atoms with Gasteiger partial charge in [0.25, 0.3) is 5.91 Å². The van der Waals surface area contributed by atoms with Gasteiger partial charge in [0.05, 0.1) is 22.5 Å². The minimum absolute atomic E-state index is 0.116. The molecule has 2 atom stereocenters. The van der Waals surface area contributed by atoms with E-state index in [1.807, 2.05) is 33.8 Å². The van der Waals surface area contributed by atoms with E-state index in [0.29, 0.717) is 16.7 Å². The second-order valence-corrected chi connectivity index (χ2v) is 10.4. The van der Waals surface area contributed by atoms with Crippen molar-refractivity contribution >= 4 is 32.6 Å². The Kier molecular flexibility index (Phi) is 6.13. The average molecular weight is 471 g/mol. The largest absolute Gasteiger partial charge is 0.450 e. The molecule has 3 aromatic rings. The summed E-state index contributed by atoms with van der Waals surface area (Å²) in [6.45, 7) is 7.97. The maximum atomic E-state index is 13.0. The predicted octanol–water partition coefficient (Wildman–Crippen LogP) is 3.46. The summed E-state index contributed by atoms with van der Waals surface area (Å²) in [5.41, 5.74) is 2.19. The van der Waals surface area contributed by atoms with Gasteiger partial charge in [0.1, 0.15) is 5.58 Å². The summed E-state index contributed by atoms with van der Waals surface area (Å²) in [5.74, 6) is -0.712. The number of fused-ring (bicyclic) bond motifs is 1. The number of benzene rings is 2. The molecule has 1 amide bonds. The van der Waals surface area contributed by atoms with Crippen LogP contribution in [0.3, 0.4) is 0 Å². The Labute approximate surface area is 192 Å². The highest BCUT2D eigenvalue weighted by molar-refractivity contribution is 7.89. The van der Waals surface area contributed by atoms with E-state index in [0.717, 1.165) is 17.2 Å². The van der Waals surface area contributed by atoms with Crippen molar-refractivity contribution in [2.75, 3.05) is 18.4 Å². The third-order valence-corrected chi connectivity index (χ3v) is 7.62. The molecule has 1 aromatic heterocycles. The van der Waals surface area contributed by atoms with Crippen molar-refractivity contribution in [1.82, 2.24) is 4.31 Å². The number of anilines is 1. The molecule has 0 aliphatic carbocycles. The number of carbonyl (C=O) groups excluding carboxylic acids is 1. The van der Waals surface area contributed by atoms with Crippen LogP contribution in [0.4, 0.5) is 5.69 Å². The van der Waals surface area contributed by atoms with Crippen LogP contribution in [0.1, 0.15) is 35.5 Å². The van der Waals surface area contributed by atoms with Gasteiger partial charge in [-0.25, -0.2) is 8.42 Å². The van der Waals surface area contributed by atoms with Gasteiger partial charge in [-0.1, -0.05) is 6.07 Å². The molecular formula is C24H26N2O6S. The second kappa shape index (κ2) is 8.74. The van der Waals surface area contributed by atoms with E-state index < -0.39 is 15.9 Å². The maximum Gasteiger partial charge on any atom is 0.291 e. The molecule has 1 N–H and O–H groups in total. The first kappa shape index (κ1) is 23.2. The lowest BCUT2D eigenvalue weighted by Crippen LogP contribution is -2.48. The highest BCUT2D eigenvalue weighted by Crippen LogP contribution is 2.24. The first-order valence-corrected chi connectivity index (χ1v) is 12.1. The number of aryl methyl sites for hydroxylation is 2. The minimum atomic E-state index is -3.68. The number of hydrogen-bond donors (Lipinski definition) is 1. The van der Waals surface area contributed by atoms with Crippen LogP contribution in [0.5, 0.6) is 0 Å². The van der Waals surface area contributed by atoms with Gasteiger partial charge in [0.15, 0.2) is 11.2 Å². The van der Waals surface area contributed by atoms with Crippen LogP contribution < -0.4 is 10.7 Å². The minimum Gasteiger partial charge on any atom is -0.450 e. The lowest BCUT2D eigenvalue weighted by molar-refractivity contribution is -0.0440. The zero-order valence-corrected chi connectivity index (χ0v) is 19.7. The Hall–Kier alpha value is -3.01. The molecule has 174 valence electrons. The fourth-order valence-corrected chi connectivity index (χ4v) is 5.53. The van der Waals surface area contributed by atoms with Crippen molar-refractivity contribution in [1.29, 1.82) is 0 Å². The molecule has 1 fully saturated rings. The van der Waals surface area contributed by atoms with E-state index in [2.05, 4.69) is 5.32 Å². The lowest BCUT2D eigenvalue weighted by Gasteiger charge is -2.34. The third-order valence-electron chi connectivity index (χ3n) is 5.78. The number of morpholine rings is 1. The predicted molar refractivity (Wildman–Crippen MR) is 125 cm³/mol. The van der Waals surface area contributed by atoms with Crippen molar-refractivity contribution in [2.45, 2.75) is 44.8 Å². The number of carbonyl (C=O) groups is 1. The second-order valence-electron chi connectivity index (χ2n) is 8.42. The number of rotatable bonds is 4. The molecule has 33 heavy (non-hydrogen) atoms. The van der Waals surface area contributed by atoms with Gasteiger partial charge in [-0.3, -0.25) is 9.59 Å². The lowest BCUT2D eigenvalue weighted by atomic mass is 10.1. The first-order valence-electron chi connectivity index (χ1n) is 10.7. The van der Waals surface area contributed by atoms with Crippen LogP contribution in [0.2, 0.25) is 0 Å². The van der Waals surface area contributed by atoms with E-state index >= 15 is 0 Å². The van der Waals surface area contributed by atoms with Crippen LogP contribution >= 0.6 is 0 Å². The molecule has 2 heterocycles. The fraction of sp³-hybridized carbons (Fsp3) is 0.333. The van der Waals surface area contributed by atoms with Crippen LogP contribution in [-0.4, -0.2) is 43.9 Å². The van der Waals surface area contributed by atoms with E-state index in [-0.39, 0.29) is 41.4 Å². The van der Waals surface area contributed by atoms with E-state index in [1.165, 1.54) is 28.6 Å². The van der Waals surface area contributed by atoms with Crippen LogP contribution in [0.25, 0.3) is 11.0 Å². The number of hydrogen-bond acceptors (Lipinski definition) is 6. The topological polar surface area (TPSA) is 106 Å². The van der Waals surface area contributed by atoms with Crippen LogP contribution in [0.15, 0.2) is 56.6 Å². The number of nitrogens with one attached hydrogen (secondary N) is 1. The number of sulfonamides is 1. The molecule has 4 rings (SSSR count). The number of nitrogens with zero attached hydrogens (tertiary/aromatic N) is 1. The van der Waals surface area contributed by atoms with E-state index in [1.54, 1.807) is 6.07 Å². The molecule has 2 aromatic carbocycles. The molecule has 1 aliphatic heterocycles. The summed E-state index contributed by atoms with van der Waals surface area (Å²) >= 11 is 0. The molecule has 1 saturated heterocycles. The first-order chi connectivity index (χ1) is 15.6. The van der Waals surface area contributed by atoms with Gasteiger partial charge in [0.2, 0.25) is 10.0 Å². The Bertz CT molecular complexity index is 1370. The highest BCUT2D eigenvalue weighted by atomic mass is 32.2. The Morgan fingerprint density at radius 2 is 1.67 bits per heavy atom. The normalized spacial score (nSPS) is 19.5. The van der Waals surface area contributed by atoms with Crippen LogP contribution in [0, 0.1) is 13.8 Å². The monoisotopic (exact) mass is 470 g/mol. The van der Waals surface area contributed by atoms with Gasteiger partial charge in [0, 0.05) is 24.8 Å². The summed E-state index contributed by atoms with van der Waals surface area (Å²) in [7, 11) is -3.68. The Morgan fingerprint density at radius 1 is 1.03 bits per heavy atom. The molecule has 0 saturated carbocycles. The number of ether oxygens (including phenoxy) is 1. The molecule has 0 unspecified atom stereocenters. The van der Waals surface area contributed by atoms with Gasteiger partial charge in [-0.05, 0) is 69.2 Å². The zero-order chi connectivity index (χ0) is 23.9. The molecule has 0 radical (unpaired) electrons. The summed E-state index contributed by atoms with van der Waals surface area (Å²) in [4.78, 5) is 25.3. The smallest absolute Gasteiger partial charge is 0.291 e. The standard InChI is InChI=1S/C24H26N2O6S/c1-14-5-10-20-21(27)11-22(32-23(20)17(14)4)24(28)25-18-6-8-19(9-7-18)33(29,30)26-12-15(2)31-16(3)13-26/h5-11,15-16H,12-13H2,1-4H3,(H,25,28)/t15-,16+. The van der Waals surface area contributed by atoms with Gasteiger partial charge in [-0.2, -0.15) is 4.31 Å². The zero-order valence-electron chi connectivity index (χ0n) is 18.9. The van der Waals surface area contributed by atoms with Crippen molar-refractivity contribution in [3.05, 3.63) is 69.6 Å². The SMILES string of the molecule is Cc1ccc2c(=O)cc(C(=O)Nc3ccc(S(=O)(=O)N4C[C@@H](C)O[C@@H](C)C4)cc3)oc2c1C. The van der Waals surface area contributed by atoms with E-state index in [4.69, 9.17) is 9.15 Å². The van der Waals surface area contributed by atoms with Crippen molar-refractivity contribution in [2.24, 2.45) is 0 Å². The summed E-state index contributed by atoms with van der Waals surface area (Å²) in [6.07, 6.45) is -0.378. The number of amides is 1. The molecule has 0 bridgehead atoms. The Balaban J connectivity index is 1.55. The fourth-order valence-electron chi connectivity index (χ4n) is 3.94. The summed E-state index contributed by atoms with van der Waals surface area (Å²) in [5, 5.41) is 3.07. The van der Waals surface area contributed by atoms with Crippen molar-refractivity contribution in [3.8, 4) is 0 Å². The van der Waals surface area contributed by atoms with E-state index in [9.17, 15) is 18.0 Å². The summed E-state index contributed by atoms with van der Waals surface area (Å²) < 4.78 is 38.7. The average Bonchev–Trinajstić information content (AvgIpc) is 2.76.